The molecule has 2 heteroatoms. The predicted octanol–water partition coefficient (Wildman–Crippen LogP) is 3.27. The van der Waals surface area contributed by atoms with E-state index in [1.807, 2.05) is 0 Å². The van der Waals surface area contributed by atoms with Crippen molar-refractivity contribution in [1.29, 1.82) is 0 Å². The molecule has 2 nitrogen and oxygen atoms in total. The van der Waals surface area contributed by atoms with Crippen LogP contribution in [0.1, 0.15) is 42.4 Å². The number of aryl methyl sites for hydroxylation is 2. The van der Waals surface area contributed by atoms with Gasteiger partial charge in [-0.25, -0.2) is 0 Å². The van der Waals surface area contributed by atoms with Crippen molar-refractivity contribution in [2.45, 2.75) is 52.1 Å². The van der Waals surface area contributed by atoms with Crippen LogP contribution in [0.2, 0.25) is 0 Å². The highest BCUT2D eigenvalue weighted by atomic mass is 15.1. The van der Waals surface area contributed by atoms with E-state index in [9.17, 15) is 0 Å². The first-order valence-corrected chi connectivity index (χ1v) is 8.25. The first kappa shape index (κ1) is 14.1. The number of likely N-dealkylation sites (tertiary alicyclic amines) is 1. The maximum absolute atomic E-state index is 3.69. The van der Waals surface area contributed by atoms with Crippen LogP contribution in [0, 0.1) is 19.8 Å². The molecule has 0 bridgehead atoms. The average Bonchev–Trinajstić information content (AvgIpc) is 2.98. The van der Waals surface area contributed by atoms with Gasteiger partial charge in [0.1, 0.15) is 0 Å². The second kappa shape index (κ2) is 6.28. The van der Waals surface area contributed by atoms with Crippen molar-refractivity contribution in [2.24, 2.45) is 5.92 Å². The molecule has 2 aliphatic heterocycles. The van der Waals surface area contributed by atoms with Gasteiger partial charge in [-0.3, -0.25) is 4.90 Å². The van der Waals surface area contributed by atoms with Gasteiger partial charge in [0.05, 0.1) is 0 Å². The Hall–Kier alpha value is -0.860. The fraction of sp³-hybridized carbons (Fsp3) is 0.667. The van der Waals surface area contributed by atoms with Crippen LogP contribution in [0.5, 0.6) is 0 Å². The molecular formula is C18H28N2. The molecule has 0 aromatic heterocycles. The number of nitrogens with zero attached hydrogens (tertiary/aromatic N) is 1. The summed E-state index contributed by atoms with van der Waals surface area (Å²) in [6, 6.07) is 7.48. The van der Waals surface area contributed by atoms with Gasteiger partial charge in [0.25, 0.3) is 0 Å². The maximum atomic E-state index is 3.69. The Morgan fingerprint density at radius 2 is 1.80 bits per heavy atom. The molecule has 0 radical (unpaired) electrons. The second-order valence-corrected chi connectivity index (χ2v) is 6.69. The summed E-state index contributed by atoms with van der Waals surface area (Å²) in [5.74, 6) is 0.923. The molecule has 0 spiro atoms. The molecule has 2 aliphatic rings. The van der Waals surface area contributed by atoms with E-state index in [-0.39, 0.29) is 0 Å². The molecule has 0 saturated carbocycles. The van der Waals surface area contributed by atoms with Crippen molar-refractivity contribution in [3.05, 3.63) is 34.9 Å². The van der Waals surface area contributed by atoms with Gasteiger partial charge in [0.2, 0.25) is 0 Å². The molecule has 1 unspecified atom stereocenters. The van der Waals surface area contributed by atoms with E-state index in [1.165, 1.54) is 56.4 Å². The minimum Gasteiger partial charge on any atom is -0.314 e. The third-order valence-corrected chi connectivity index (χ3v) is 5.33. The number of nitrogens with one attached hydrogen (secondary N) is 1. The van der Waals surface area contributed by atoms with Gasteiger partial charge in [0.15, 0.2) is 0 Å². The van der Waals surface area contributed by atoms with Crippen LogP contribution in [0.3, 0.4) is 0 Å². The SMILES string of the molecule is Cc1cccc(C)c1CN1CCC(C2CCCN2)CC1. The topological polar surface area (TPSA) is 15.3 Å². The lowest BCUT2D eigenvalue weighted by molar-refractivity contribution is 0.157. The van der Waals surface area contributed by atoms with Gasteiger partial charge < -0.3 is 5.32 Å². The number of benzene rings is 1. The van der Waals surface area contributed by atoms with Crippen molar-refractivity contribution in [3.63, 3.8) is 0 Å². The first-order valence-electron chi connectivity index (χ1n) is 8.25. The van der Waals surface area contributed by atoms with Gasteiger partial charge in [0, 0.05) is 12.6 Å². The molecule has 2 heterocycles. The van der Waals surface area contributed by atoms with E-state index in [1.54, 1.807) is 5.56 Å². The van der Waals surface area contributed by atoms with Crippen LogP contribution in [-0.2, 0) is 6.54 Å². The van der Waals surface area contributed by atoms with Gasteiger partial charge in [-0.2, -0.15) is 0 Å². The Labute approximate surface area is 123 Å². The van der Waals surface area contributed by atoms with Gasteiger partial charge in [-0.05, 0) is 81.8 Å². The van der Waals surface area contributed by atoms with Crippen molar-refractivity contribution in [2.75, 3.05) is 19.6 Å². The summed E-state index contributed by atoms with van der Waals surface area (Å²) < 4.78 is 0. The van der Waals surface area contributed by atoms with Crippen molar-refractivity contribution < 1.29 is 0 Å². The molecule has 0 amide bonds. The summed E-state index contributed by atoms with van der Waals surface area (Å²) in [7, 11) is 0. The molecule has 0 aliphatic carbocycles. The third-order valence-electron chi connectivity index (χ3n) is 5.33. The second-order valence-electron chi connectivity index (χ2n) is 6.69. The lowest BCUT2D eigenvalue weighted by atomic mass is 9.88. The molecule has 3 rings (SSSR count). The fourth-order valence-electron chi connectivity index (χ4n) is 3.95. The normalized spacial score (nSPS) is 25.2. The summed E-state index contributed by atoms with van der Waals surface area (Å²) >= 11 is 0. The van der Waals surface area contributed by atoms with E-state index < -0.39 is 0 Å². The van der Waals surface area contributed by atoms with E-state index in [4.69, 9.17) is 0 Å². The fourth-order valence-corrected chi connectivity index (χ4v) is 3.95. The first-order chi connectivity index (χ1) is 9.74. The lowest BCUT2D eigenvalue weighted by Gasteiger charge is -2.35. The molecule has 20 heavy (non-hydrogen) atoms. The van der Waals surface area contributed by atoms with Crippen molar-refractivity contribution in [3.8, 4) is 0 Å². The Morgan fingerprint density at radius 3 is 2.40 bits per heavy atom. The molecule has 2 fully saturated rings. The van der Waals surface area contributed by atoms with Crippen LogP contribution in [0.15, 0.2) is 18.2 Å². The Bertz CT molecular complexity index is 420. The van der Waals surface area contributed by atoms with Crippen LogP contribution in [0.25, 0.3) is 0 Å². The summed E-state index contributed by atoms with van der Waals surface area (Å²) in [5, 5.41) is 3.69. The number of piperidine rings is 1. The third kappa shape index (κ3) is 3.07. The highest BCUT2D eigenvalue weighted by molar-refractivity contribution is 5.33. The van der Waals surface area contributed by atoms with Crippen LogP contribution in [-0.4, -0.2) is 30.6 Å². The highest BCUT2D eigenvalue weighted by Gasteiger charge is 2.28. The zero-order chi connectivity index (χ0) is 13.9. The zero-order valence-electron chi connectivity index (χ0n) is 13.0. The summed E-state index contributed by atoms with van der Waals surface area (Å²) in [6.07, 6.45) is 5.54. The monoisotopic (exact) mass is 272 g/mol. The van der Waals surface area contributed by atoms with E-state index in [0.29, 0.717) is 0 Å². The zero-order valence-corrected chi connectivity index (χ0v) is 13.0. The highest BCUT2D eigenvalue weighted by Crippen LogP contribution is 2.27. The largest absolute Gasteiger partial charge is 0.314 e. The number of hydrogen-bond acceptors (Lipinski definition) is 2. The van der Waals surface area contributed by atoms with E-state index >= 15 is 0 Å². The Balaban J connectivity index is 1.56. The quantitative estimate of drug-likeness (QED) is 0.908. The summed E-state index contributed by atoms with van der Waals surface area (Å²) in [5.41, 5.74) is 4.44. The predicted molar refractivity (Wildman–Crippen MR) is 84.9 cm³/mol. The molecule has 2 saturated heterocycles. The molecule has 1 N–H and O–H groups in total. The minimum absolute atomic E-state index is 0.817. The standard InChI is InChI=1S/C18H28N2/c1-14-5-3-6-15(2)17(14)13-20-11-8-16(9-12-20)18-7-4-10-19-18/h3,5-6,16,18-19H,4,7-13H2,1-2H3. The summed E-state index contributed by atoms with van der Waals surface area (Å²) in [6.45, 7) is 9.43. The van der Waals surface area contributed by atoms with Gasteiger partial charge in [-0.15, -0.1) is 0 Å². The molecular weight excluding hydrogens is 244 g/mol. The molecule has 1 aromatic carbocycles. The van der Waals surface area contributed by atoms with E-state index in [2.05, 4.69) is 42.3 Å². The smallest absolute Gasteiger partial charge is 0.0238 e. The van der Waals surface area contributed by atoms with Crippen molar-refractivity contribution in [1.82, 2.24) is 10.2 Å². The average molecular weight is 272 g/mol. The van der Waals surface area contributed by atoms with E-state index in [0.717, 1.165) is 18.5 Å². The molecule has 1 atom stereocenters. The number of rotatable bonds is 3. The van der Waals surface area contributed by atoms with Gasteiger partial charge in [-0.1, -0.05) is 18.2 Å². The Kier molecular flexibility index (Phi) is 4.42. The van der Waals surface area contributed by atoms with Crippen molar-refractivity contribution >= 4 is 0 Å². The van der Waals surface area contributed by atoms with Gasteiger partial charge >= 0.3 is 0 Å². The lowest BCUT2D eigenvalue weighted by Crippen LogP contribution is -2.40. The summed E-state index contributed by atoms with van der Waals surface area (Å²) in [4.78, 5) is 2.65. The van der Waals surface area contributed by atoms with Crippen LogP contribution in [0.4, 0.5) is 0 Å². The Morgan fingerprint density at radius 1 is 1.10 bits per heavy atom. The maximum Gasteiger partial charge on any atom is 0.0238 e. The number of hydrogen-bond donors (Lipinski definition) is 1. The van der Waals surface area contributed by atoms with Crippen LogP contribution >= 0.6 is 0 Å². The van der Waals surface area contributed by atoms with Crippen LogP contribution < -0.4 is 5.32 Å². The minimum atomic E-state index is 0.817. The molecule has 110 valence electrons. The molecule has 1 aromatic rings.